The average molecular weight is 339 g/mol. The lowest BCUT2D eigenvalue weighted by Gasteiger charge is -2.21. The predicted octanol–water partition coefficient (Wildman–Crippen LogP) is 1.07. The Morgan fingerprint density at radius 1 is 1.38 bits per heavy atom. The van der Waals surface area contributed by atoms with Crippen molar-refractivity contribution < 1.29 is 19.4 Å². The van der Waals surface area contributed by atoms with Gasteiger partial charge in [0.2, 0.25) is 0 Å². The number of aromatic nitrogens is 1. The fourth-order valence-electron chi connectivity index (χ4n) is 1.99. The van der Waals surface area contributed by atoms with Crippen LogP contribution in [0.3, 0.4) is 0 Å². The van der Waals surface area contributed by atoms with E-state index in [1.165, 1.54) is 4.90 Å². The zero-order valence-corrected chi connectivity index (χ0v) is 14.8. The van der Waals surface area contributed by atoms with E-state index < -0.39 is 6.10 Å². The molecule has 136 valence electrons. The number of hydrogen-bond donors (Lipinski definition) is 2. The molecule has 1 atom stereocenters. The summed E-state index contributed by atoms with van der Waals surface area (Å²) in [6, 6.07) is 5.46. The number of nitrogens with zero attached hydrogens (tertiary/aromatic N) is 2. The van der Waals surface area contributed by atoms with E-state index in [2.05, 4.69) is 10.3 Å². The minimum atomic E-state index is -0.726. The number of carbonyl (C=O) groups excluding carboxylic acids is 1. The van der Waals surface area contributed by atoms with E-state index in [0.29, 0.717) is 26.2 Å². The number of hydrogen-bond acceptors (Lipinski definition) is 5. The standard InChI is InChI=1S/C17H29N3O4/c1-14(2)24-11-10-23-13-16(21)12-20(3)17(22)19-9-7-15-6-4-5-8-18-15/h4-6,8,14,16,21H,7,9-13H2,1-3H3,(H,19,22)/t16-/m0/s1. The molecule has 7 heteroatoms. The summed E-state index contributed by atoms with van der Waals surface area (Å²) in [7, 11) is 1.64. The number of carbonyl (C=O) groups is 1. The Kier molecular flexibility index (Phi) is 9.98. The van der Waals surface area contributed by atoms with Crippen molar-refractivity contribution in [1.82, 2.24) is 15.2 Å². The van der Waals surface area contributed by atoms with Gasteiger partial charge in [0.1, 0.15) is 0 Å². The van der Waals surface area contributed by atoms with Gasteiger partial charge in [0.15, 0.2) is 0 Å². The van der Waals surface area contributed by atoms with Crippen LogP contribution in [-0.2, 0) is 15.9 Å². The molecule has 0 fully saturated rings. The molecule has 0 aliphatic heterocycles. The monoisotopic (exact) mass is 339 g/mol. The van der Waals surface area contributed by atoms with Gasteiger partial charge in [-0.2, -0.15) is 0 Å². The van der Waals surface area contributed by atoms with Crippen LogP contribution in [0.15, 0.2) is 24.4 Å². The van der Waals surface area contributed by atoms with E-state index in [0.717, 1.165) is 5.69 Å². The summed E-state index contributed by atoms with van der Waals surface area (Å²) in [6.07, 6.45) is 1.84. The van der Waals surface area contributed by atoms with Gasteiger partial charge in [-0.3, -0.25) is 4.98 Å². The van der Waals surface area contributed by atoms with Gasteiger partial charge in [0.05, 0.1) is 38.6 Å². The molecule has 24 heavy (non-hydrogen) atoms. The number of pyridine rings is 1. The van der Waals surface area contributed by atoms with Crippen molar-refractivity contribution in [3.8, 4) is 0 Å². The van der Waals surface area contributed by atoms with Gasteiger partial charge in [-0.25, -0.2) is 4.79 Å². The van der Waals surface area contributed by atoms with Crippen molar-refractivity contribution in [2.45, 2.75) is 32.5 Å². The lowest BCUT2D eigenvalue weighted by Crippen LogP contribution is -2.43. The molecule has 0 aliphatic carbocycles. The maximum atomic E-state index is 11.9. The topological polar surface area (TPSA) is 83.9 Å². The highest BCUT2D eigenvalue weighted by Gasteiger charge is 2.13. The van der Waals surface area contributed by atoms with Crippen LogP contribution in [0.5, 0.6) is 0 Å². The van der Waals surface area contributed by atoms with Crippen LogP contribution in [-0.4, -0.2) is 73.2 Å². The number of amides is 2. The van der Waals surface area contributed by atoms with Crippen LogP contribution < -0.4 is 5.32 Å². The molecule has 0 saturated heterocycles. The second-order valence-corrected chi connectivity index (χ2v) is 5.83. The first-order valence-corrected chi connectivity index (χ1v) is 8.25. The molecular formula is C17H29N3O4. The van der Waals surface area contributed by atoms with Gasteiger partial charge in [0, 0.05) is 31.9 Å². The zero-order valence-electron chi connectivity index (χ0n) is 14.8. The summed E-state index contributed by atoms with van der Waals surface area (Å²) in [5, 5.41) is 12.7. The second-order valence-electron chi connectivity index (χ2n) is 5.83. The van der Waals surface area contributed by atoms with Gasteiger partial charge < -0.3 is 24.8 Å². The smallest absolute Gasteiger partial charge is 0.317 e. The minimum absolute atomic E-state index is 0.166. The third kappa shape index (κ3) is 9.44. The lowest BCUT2D eigenvalue weighted by atomic mass is 10.3. The molecule has 7 nitrogen and oxygen atoms in total. The minimum Gasteiger partial charge on any atom is -0.389 e. The summed E-state index contributed by atoms with van der Waals surface area (Å²) in [4.78, 5) is 17.6. The second kappa shape index (κ2) is 11.8. The molecule has 2 N–H and O–H groups in total. The Bertz CT molecular complexity index is 456. The number of aliphatic hydroxyl groups excluding tert-OH is 1. The van der Waals surface area contributed by atoms with Gasteiger partial charge >= 0.3 is 6.03 Å². The first-order valence-electron chi connectivity index (χ1n) is 8.25. The van der Waals surface area contributed by atoms with E-state index in [9.17, 15) is 9.90 Å². The Hall–Kier alpha value is -1.70. The van der Waals surface area contributed by atoms with Crippen LogP contribution in [0, 0.1) is 0 Å². The van der Waals surface area contributed by atoms with E-state index in [1.807, 2.05) is 32.0 Å². The van der Waals surface area contributed by atoms with Gasteiger partial charge in [-0.1, -0.05) is 6.07 Å². The number of nitrogens with one attached hydrogen (secondary N) is 1. The third-order valence-corrected chi connectivity index (χ3v) is 3.20. The SMILES string of the molecule is CC(C)OCCOC[C@@H](O)CN(C)C(=O)NCCc1ccccn1. The van der Waals surface area contributed by atoms with E-state index >= 15 is 0 Å². The molecule has 1 aromatic heterocycles. The van der Waals surface area contributed by atoms with E-state index in [-0.39, 0.29) is 25.3 Å². The summed E-state index contributed by atoms with van der Waals surface area (Å²) >= 11 is 0. The molecule has 0 radical (unpaired) electrons. The van der Waals surface area contributed by atoms with E-state index in [1.54, 1.807) is 13.2 Å². The molecule has 0 saturated carbocycles. The Balaban J connectivity index is 2.11. The Morgan fingerprint density at radius 2 is 2.17 bits per heavy atom. The lowest BCUT2D eigenvalue weighted by molar-refractivity contribution is -0.0147. The predicted molar refractivity (Wildman–Crippen MR) is 91.9 cm³/mol. The first-order chi connectivity index (χ1) is 11.5. The normalized spacial score (nSPS) is 12.2. The highest BCUT2D eigenvalue weighted by Crippen LogP contribution is 1.96. The first kappa shape index (κ1) is 20.3. The van der Waals surface area contributed by atoms with Crippen LogP contribution in [0.1, 0.15) is 19.5 Å². The van der Waals surface area contributed by atoms with Crippen molar-refractivity contribution in [2.75, 3.05) is 40.0 Å². The third-order valence-electron chi connectivity index (χ3n) is 3.20. The van der Waals surface area contributed by atoms with Gasteiger partial charge in [0.25, 0.3) is 0 Å². The average Bonchev–Trinajstić information content (AvgIpc) is 2.55. The molecule has 0 spiro atoms. The summed E-state index contributed by atoms with van der Waals surface area (Å²) in [6.45, 7) is 5.71. The van der Waals surface area contributed by atoms with Crippen molar-refractivity contribution in [1.29, 1.82) is 0 Å². The molecule has 1 rings (SSSR count). The van der Waals surface area contributed by atoms with Crippen molar-refractivity contribution in [3.63, 3.8) is 0 Å². The highest BCUT2D eigenvalue weighted by atomic mass is 16.5. The molecule has 2 amide bonds. The zero-order chi connectivity index (χ0) is 17.8. The fourth-order valence-corrected chi connectivity index (χ4v) is 1.99. The molecule has 0 aromatic carbocycles. The maximum Gasteiger partial charge on any atom is 0.317 e. The number of ether oxygens (including phenoxy) is 2. The van der Waals surface area contributed by atoms with Gasteiger partial charge in [-0.15, -0.1) is 0 Å². The van der Waals surface area contributed by atoms with Crippen molar-refractivity contribution >= 4 is 6.03 Å². The maximum absolute atomic E-state index is 11.9. The fraction of sp³-hybridized carbons (Fsp3) is 0.647. The highest BCUT2D eigenvalue weighted by molar-refractivity contribution is 5.73. The largest absolute Gasteiger partial charge is 0.389 e. The van der Waals surface area contributed by atoms with E-state index in [4.69, 9.17) is 9.47 Å². The van der Waals surface area contributed by atoms with Gasteiger partial charge in [-0.05, 0) is 26.0 Å². The Labute approximate surface area is 144 Å². The molecular weight excluding hydrogens is 310 g/mol. The van der Waals surface area contributed by atoms with Crippen LogP contribution in [0.4, 0.5) is 4.79 Å². The summed E-state index contributed by atoms with van der Waals surface area (Å²) in [5.74, 6) is 0. The molecule has 1 heterocycles. The number of urea groups is 1. The van der Waals surface area contributed by atoms with Crippen LogP contribution >= 0.6 is 0 Å². The number of rotatable bonds is 11. The quantitative estimate of drug-likeness (QED) is 0.589. The van der Waals surface area contributed by atoms with Crippen LogP contribution in [0.25, 0.3) is 0 Å². The molecule has 0 bridgehead atoms. The number of likely N-dealkylation sites (N-methyl/N-ethyl adjacent to an activating group) is 1. The Morgan fingerprint density at radius 3 is 2.83 bits per heavy atom. The van der Waals surface area contributed by atoms with Crippen molar-refractivity contribution in [2.24, 2.45) is 0 Å². The molecule has 1 aromatic rings. The number of aliphatic hydroxyl groups is 1. The van der Waals surface area contributed by atoms with Crippen LogP contribution in [0.2, 0.25) is 0 Å². The molecule has 0 unspecified atom stereocenters. The van der Waals surface area contributed by atoms with Crippen molar-refractivity contribution in [3.05, 3.63) is 30.1 Å². The summed E-state index contributed by atoms with van der Waals surface area (Å²) in [5.41, 5.74) is 0.928. The summed E-state index contributed by atoms with van der Waals surface area (Å²) < 4.78 is 10.7. The molecule has 0 aliphatic rings.